The molecule has 2 aromatic rings. The third-order valence-corrected chi connectivity index (χ3v) is 13.4. The number of aliphatic carboxylic acids is 1. The smallest absolute Gasteiger partial charge is 0.326 e. The summed E-state index contributed by atoms with van der Waals surface area (Å²) in [5.41, 5.74) is 17.4. The predicted octanol–water partition coefficient (Wildman–Crippen LogP) is -2.79. The molecule has 1 aliphatic heterocycles. The SMILES string of the molecule is CCC(NC(=O)[C@H](CCCCN)NC(=O)[C@H](CCCCN)NC(C)=O)C(=O)N[C@H]1CSSC[C@@H](C(=O)N[C@@H](CCC(N)=O)C(=O)O)NC(=O)[C@H](Cc2cnc[nH]2)NC(=O)[C@H](Cc2ccc(O)cc2)NC1=O. The molecule has 0 aliphatic carbocycles. The lowest BCUT2D eigenvalue weighted by atomic mass is 10.0. The number of H-pyrrole nitrogens is 1. The van der Waals surface area contributed by atoms with Crippen LogP contribution in [-0.4, -0.2) is 152 Å². The van der Waals surface area contributed by atoms with Gasteiger partial charge in [-0.25, -0.2) is 9.78 Å². The van der Waals surface area contributed by atoms with Crippen LogP contribution in [0.3, 0.4) is 0 Å². The number of carbonyl (C=O) groups is 10. The van der Waals surface area contributed by atoms with Gasteiger partial charge in [0.15, 0.2) is 0 Å². The number of primary amides is 1. The number of hydrogen-bond acceptors (Lipinski definition) is 16. The molecule has 8 atom stereocenters. The molecule has 1 fully saturated rings. The van der Waals surface area contributed by atoms with Crippen molar-refractivity contribution in [2.24, 2.45) is 17.2 Å². The highest BCUT2D eigenvalue weighted by Crippen LogP contribution is 2.24. The number of aromatic hydroxyl groups is 1. The van der Waals surface area contributed by atoms with E-state index < -0.39 is 107 Å². The monoisotopic (exact) mass is 1030 g/mol. The molecule has 0 radical (unpaired) electrons. The van der Waals surface area contributed by atoms with Gasteiger partial charge in [0.05, 0.1) is 6.33 Å². The van der Waals surface area contributed by atoms with E-state index in [-0.39, 0.29) is 62.2 Å². The molecule has 1 saturated heterocycles. The van der Waals surface area contributed by atoms with E-state index in [1.165, 1.54) is 43.7 Å². The van der Waals surface area contributed by atoms with Crippen LogP contribution in [0.15, 0.2) is 36.8 Å². The number of aromatic amines is 1. The first-order valence-corrected chi connectivity index (χ1v) is 25.6. The maximum absolute atomic E-state index is 14.3. The number of aromatic nitrogens is 2. The molecule has 17 N–H and O–H groups in total. The Kier molecular flexibility index (Phi) is 25.7. The molecule has 392 valence electrons. The summed E-state index contributed by atoms with van der Waals surface area (Å²) in [7, 11) is 1.97. The third kappa shape index (κ3) is 21.2. The molecular weight excluding hydrogens is 967 g/mol. The molecule has 71 heavy (non-hydrogen) atoms. The second kappa shape index (κ2) is 31.0. The molecule has 1 unspecified atom stereocenters. The molecule has 0 spiro atoms. The van der Waals surface area contributed by atoms with E-state index in [4.69, 9.17) is 17.2 Å². The fraction of sp³-hybridized carbons (Fsp3) is 0.568. The Labute approximate surface area is 418 Å². The minimum absolute atomic E-state index is 0.0156. The number of phenolic OH excluding ortho intramolecular Hbond substituents is 1. The normalized spacial score (nSPS) is 19.4. The largest absolute Gasteiger partial charge is 0.508 e. The van der Waals surface area contributed by atoms with Crippen molar-refractivity contribution >= 4 is 80.7 Å². The Morgan fingerprint density at radius 3 is 1.87 bits per heavy atom. The van der Waals surface area contributed by atoms with Gasteiger partial charge < -0.3 is 74.9 Å². The molecule has 3 rings (SSSR count). The average Bonchev–Trinajstić information content (AvgIpc) is 3.84. The van der Waals surface area contributed by atoms with Crippen molar-refractivity contribution in [3.8, 4) is 5.75 Å². The number of phenols is 1. The summed E-state index contributed by atoms with van der Waals surface area (Å²) in [6.07, 6.45) is 4.14. The summed E-state index contributed by atoms with van der Waals surface area (Å²) in [6, 6.07) is -4.87. The van der Waals surface area contributed by atoms with Crippen LogP contribution in [0.25, 0.3) is 0 Å². The van der Waals surface area contributed by atoms with Gasteiger partial charge in [-0.3, -0.25) is 43.2 Å². The lowest BCUT2D eigenvalue weighted by molar-refractivity contribution is -0.142. The van der Waals surface area contributed by atoms with Crippen molar-refractivity contribution < 1.29 is 58.2 Å². The number of benzene rings is 1. The Morgan fingerprint density at radius 1 is 0.732 bits per heavy atom. The van der Waals surface area contributed by atoms with Crippen molar-refractivity contribution in [2.45, 2.75) is 133 Å². The second-order valence-corrected chi connectivity index (χ2v) is 19.3. The lowest BCUT2D eigenvalue weighted by Gasteiger charge is -2.28. The number of rotatable bonds is 26. The molecular formula is C44H67N13O12S2. The fourth-order valence-corrected chi connectivity index (χ4v) is 9.40. The minimum atomic E-state index is -1.57. The van der Waals surface area contributed by atoms with Crippen molar-refractivity contribution in [1.82, 2.24) is 52.5 Å². The molecule has 0 saturated carbocycles. The molecule has 2 heterocycles. The van der Waals surface area contributed by atoms with Gasteiger partial charge in [-0.05, 0) is 82.2 Å². The molecule has 9 amide bonds. The zero-order valence-corrected chi connectivity index (χ0v) is 41.3. The van der Waals surface area contributed by atoms with Crippen LogP contribution in [0.1, 0.15) is 82.9 Å². The Morgan fingerprint density at radius 2 is 1.31 bits per heavy atom. The number of nitrogens with two attached hydrogens (primary N) is 3. The van der Waals surface area contributed by atoms with E-state index in [0.29, 0.717) is 50.0 Å². The van der Waals surface area contributed by atoms with Gasteiger partial charge in [-0.2, -0.15) is 0 Å². The number of imidazole rings is 1. The topological polar surface area (TPSA) is 414 Å². The number of carboxylic acid groups (broad SMARTS) is 1. The van der Waals surface area contributed by atoms with Gasteiger partial charge in [0, 0.05) is 49.6 Å². The highest BCUT2D eigenvalue weighted by atomic mass is 33.1. The Bertz CT molecular complexity index is 2120. The number of unbranched alkanes of at least 4 members (excludes halogenated alkanes) is 2. The van der Waals surface area contributed by atoms with Gasteiger partial charge >= 0.3 is 5.97 Å². The molecule has 27 heteroatoms. The van der Waals surface area contributed by atoms with Crippen LogP contribution in [0, 0.1) is 0 Å². The van der Waals surface area contributed by atoms with Gasteiger partial charge in [-0.15, -0.1) is 0 Å². The molecule has 1 aromatic heterocycles. The summed E-state index contributed by atoms with van der Waals surface area (Å²) < 4.78 is 0. The molecule has 25 nitrogen and oxygen atoms in total. The summed E-state index contributed by atoms with van der Waals surface area (Å²) in [5, 5.41) is 40.6. The summed E-state index contributed by atoms with van der Waals surface area (Å²) >= 11 is 0. The van der Waals surface area contributed by atoms with Gasteiger partial charge in [0.25, 0.3) is 0 Å². The third-order valence-electron chi connectivity index (χ3n) is 11.0. The molecule has 0 bridgehead atoms. The van der Waals surface area contributed by atoms with E-state index in [0.717, 1.165) is 21.6 Å². The number of carboxylic acids is 1. The van der Waals surface area contributed by atoms with E-state index in [1.807, 2.05) is 0 Å². The predicted molar refractivity (Wildman–Crippen MR) is 262 cm³/mol. The van der Waals surface area contributed by atoms with Gasteiger partial charge in [-0.1, -0.05) is 40.6 Å². The van der Waals surface area contributed by atoms with Crippen molar-refractivity contribution in [3.05, 3.63) is 48.0 Å². The minimum Gasteiger partial charge on any atom is -0.508 e. The average molecular weight is 1030 g/mol. The van der Waals surface area contributed by atoms with E-state index in [9.17, 15) is 58.2 Å². The summed E-state index contributed by atoms with van der Waals surface area (Å²) in [4.78, 5) is 140. The van der Waals surface area contributed by atoms with Crippen LogP contribution in [0.5, 0.6) is 5.75 Å². The fourth-order valence-electron chi connectivity index (χ4n) is 7.07. The maximum Gasteiger partial charge on any atom is 0.326 e. The summed E-state index contributed by atoms with van der Waals surface area (Å²) in [6.45, 7) is 3.55. The van der Waals surface area contributed by atoms with E-state index in [2.05, 4.69) is 52.5 Å². The van der Waals surface area contributed by atoms with Crippen LogP contribution in [0.2, 0.25) is 0 Å². The number of nitrogens with one attached hydrogen (secondary N) is 9. The summed E-state index contributed by atoms with van der Waals surface area (Å²) in [5.74, 6) is -8.92. The van der Waals surface area contributed by atoms with Gasteiger partial charge in [0.2, 0.25) is 53.2 Å². The number of amides is 9. The lowest BCUT2D eigenvalue weighted by Crippen LogP contribution is -2.61. The van der Waals surface area contributed by atoms with E-state index >= 15 is 0 Å². The second-order valence-electron chi connectivity index (χ2n) is 16.7. The maximum atomic E-state index is 14.3. The number of nitrogens with zero attached hydrogens (tertiary/aromatic N) is 1. The van der Waals surface area contributed by atoms with Crippen LogP contribution in [-0.2, 0) is 60.8 Å². The molecule has 1 aliphatic rings. The Hall–Kier alpha value is -6.45. The Balaban J connectivity index is 1.98. The standard InChI is InChI=1S/C44H67N13O12S2/c1-3-28(51-39(63)30(9-5-7-17-46)52-38(62)29(50-24(2)58)8-4-6-16-45)37(61)56-35-22-71-70-21-34(42(66)53-31(44(68)69)14-15-36(47)60)57-41(65)33(19-26-20-48-23-49-26)55-40(64)32(54-43(35)67)18-25-10-12-27(59)13-11-25/h10-13,20,23,28-35,59H,3-9,14-19,21-22,45-46H2,1-2H3,(H2,47,60)(H,48,49)(H,50,58)(H,51,63)(H,52,62)(H,53,66)(H,54,67)(H,55,64)(H,56,61)(H,57,65)(H,68,69)/t28?,29-,30-,31-,32-,33-,34-,35-/m0/s1. The van der Waals surface area contributed by atoms with E-state index in [1.54, 1.807) is 6.92 Å². The van der Waals surface area contributed by atoms with Gasteiger partial charge in [0.1, 0.15) is 54.1 Å². The van der Waals surface area contributed by atoms with Crippen molar-refractivity contribution in [1.29, 1.82) is 0 Å². The first-order chi connectivity index (χ1) is 33.8. The van der Waals surface area contributed by atoms with Crippen LogP contribution < -0.4 is 59.7 Å². The van der Waals surface area contributed by atoms with Crippen molar-refractivity contribution in [2.75, 3.05) is 24.6 Å². The molecule has 1 aromatic carbocycles. The first kappa shape index (κ1) is 58.9. The highest BCUT2D eigenvalue weighted by Gasteiger charge is 2.36. The first-order valence-electron chi connectivity index (χ1n) is 23.2. The van der Waals surface area contributed by atoms with Crippen LogP contribution >= 0.6 is 21.6 Å². The highest BCUT2D eigenvalue weighted by molar-refractivity contribution is 8.76. The number of carbonyl (C=O) groups excluding carboxylic acids is 9. The zero-order valence-electron chi connectivity index (χ0n) is 39.7. The van der Waals surface area contributed by atoms with Crippen molar-refractivity contribution in [3.63, 3.8) is 0 Å². The van der Waals surface area contributed by atoms with Crippen LogP contribution in [0.4, 0.5) is 0 Å². The number of hydrogen-bond donors (Lipinski definition) is 14. The zero-order chi connectivity index (χ0) is 52.5. The quantitative estimate of drug-likeness (QED) is 0.0335.